The summed E-state index contributed by atoms with van der Waals surface area (Å²) in [5, 5.41) is 0. The van der Waals surface area contributed by atoms with Crippen LogP contribution in [0.2, 0.25) is 0 Å². The molecule has 0 aliphatic rings. The minimum Gasteiger partial charge on any atom is -0.480 e. The molecule has 112 valence electrons. The lowest BCUT2D eigenvalue weighted by Crippen LogP contribution is -2.40. The average Bonchev–Trinajstić information content (AvgIpc) is 2.33. The lowest BCUT2D eigenvalue weighted by Gasteiger charge is -2.20. The molecule has 1 rings (SSSR count). The van der Waals surface area contributed by atoms with Gasteiger partial charge in [-0.3, -0.25) is 9.52 Å². The Hall–Kier alpha value is -1.56. The molecule has 1 aromatic rings. The summed E-state index contributed by atoms with van der Waals surface area (Å²) in [6, 6.07) is 7.44. The van der Waals surface area contributed by atoms with E-state index in [0.717, 1.165) is 11.8 Å². The zero-order chi connectivity index (χ0) is 15.3. The largest absolute Gasteiger partial charge is 0.480 e. The van der Waals surface area contributed by atoms with Gasteiger partial charge in [0.1, 0.15) is 5.75 Å². The Bertz CT molecular complexity index is 566. The summed E-state index contributed by atoms with van der Waals surface area (Å²) in [6.07, 6.45) is 0.498. The number of carbonyl (C=O) groups is 1. The summed E-state index contributed by atoms with van der Waals surface area (Å²) < 4.78 is 29.8. The molecular weight excluding hydrogens is 278 g/mol. The molecule has 0 saturated carbocycles. The Morgan fingerprint density at radius 1 is 1.30 bits per heavy atom. The van der Waals surface area contributed by atoms with E-state index in [1.54, 1.807) is 13.0 Å². The molecule has 1 atom stereocenters. The van der Waals surface area contributed by atoms with Crippen LogP contribution in [0.3, 0.4) is 0 Å². The van der Waals surface area contributed by atoms with E-state index >= 15 is 0 Å². The summed E-state index contributed by atoms with van der Waals surface area (Å²) in [5.74, 6) is 0.216. The molecule has 0 radical (unpaired) electrons. The molecule has 5 nitrogen and oxygen atoms in total. The van der Waals surface area contributed by atoms with Gasteiger partial charge in [-0.1, -0.05) is 39.0 Å². The highest BCUT2D eigenvalue weighted by Gasteiger charge is 2.22. The highest BCUT2D eigenvalue weighted by molar-refractivity contribution is 7.89. The van der Waals surface area contributed by atoms with Gasteiger partial charge in [0.15, 0.2) is 6.10 Å². The number of carbonyl (C=O) groups excluding carboxylic acids is 1. The lowest BCUT2D eigenvalue weighted by molar-refractivity contribution is -0.126. The van der Waals surface area contributed by atoms with Crippen molar-refractivity contribution in [1.29, 1.82) is 0 Å². The van der Waals surface area contributed by atoms with Gasteiger partial charge in [0.05, 0.1) is 6.26 Å². The maximum Gasteiger partial charge on any atom is 0.274 e. The monoisotopic (exact) mass is 299 g/mol. The SMILES string of the molecule is CC[C@@H](Oc1ccccc1C(C)C)C(=O)NS(C)(=O)=O. The molecule has 0 bridgehead atoms. The zero-order valence-corrected chi connectivity index (χ0v) is 13.0. The van der Waals surface area contributed by atoms with Crippen LogP contribution in [0.5, 0.6) is 5.75 Å². The van der Waals surface area contributed by atoms with Crippen LogP contribution in [0.25, 0.3) is 0 Å². The van der Waals surface area contributed by atoms with Crippen LogP contribution in [0, 0.1) is 0 Å². The van der Waals surface area contributed by atoms with Crippen molar-refractivity contribution >= 4 is 15.9 Å². The van der Waals surface area contributed by atoms with E-state index in [2.05, 4.69) is 0 Å². The topological polar surface area (TPSA) is 72.5 Å². The highest BCUT2D eigenvalue weighted by atomic mass is 32.2. The Morgan fingerprint density at radius 3 is 2.40 bits per heavy atom. The van der Waals surface area contributed by atoms with E-state index < -0.39 is 22.0 Å². The summed E-state index contributed by atoms with van der Waals surface area (Å²) in [6.45, 7) is 5.82. The van der Waals surface area contributed by atoms with Crippen molar-refractivity contribution in [2.45, 2.75) is 39.2 Å². The van der Waals surface area contributed by atoms with Crippen molar-refractivity contribution in [3.05, 3.63) is 29.8 Å². The third kappa shape index (κ3) is 4.85. The van der Waals surface area contributed by atoms with Crippen LogP contribution in [-0.2, 0) is 14.8 Å². The second-order valence-corrected chi connectivity index (χ2v) is 6.69. The first kappa shape index (κ1) is 16.5. The van der Waals surface area contributed by atoms with Crippen molar-refractivity contribution in [3.63, 3.8) is 0 Å². The Kier molecular flexibility index (Phi) is 5.56. The predicted molar refractivity (Wildman–Crippen MR) is 78.2 cm³/mol. The van der Waals surface area contributed by atoms with Crippen LogP contribution in [0.15, 0.2) is 24.3 Å². The summed E-state index contributed by atoms with van der Waals surface area (Å²) in [7, 11) is -3.58. The standard InChI is InChI=1S/C14H21NO4S/c1-5-12(14(16)15-20(4,17)18)19-13-9-7-6-8-11(13)10(2)3/h6-10,12H,5H2,1-4H3,(H,15,16)/t12-/m1/s1. The first-order valence-corrected chi connectivity index (χ1v) is 8.41. The maximum atomic E-state index is 11.9. The zero-order valence-electron chi connectivity index (χ0n) is 12.2. The number of sulfonamides is 1. The molecule has 0 aliphatic heterocycles. The molecule has 1 N–H and O–H groups in total. The number of nitrogens with one attached hydrogen (secondary N) is 1. The fraction of sp³-hybridized carbons (Fsp3) is 0.500. The third-order valence-corrected chi connectivity index (χ3v) is 3.33. The van der Waals surface area contributed by atoms with Crippen LogP contribution >= 0.6 is 0 Å². The van der Waals surface area contributed by atoms with Crippen LogP contribution in [-0.4, -0.2) is 26.7 Å². The molecule has 20 heavy (non-hydrogen) atoms. The number of hydrogen-bond acceptors (Lipinski definition) is 4. The summed E-state index contributed by atoms with van der Waals surface area (Å²) in [4.78, 5) is 11.9. The van der Waals surface area contributed by atoms with Gasteiger partial charge in [-0.2, -0.15) is 0 Å². The molecule has 0 unspecified atom stereocenters. The molecule has 0 fully saturated rings. The highest BCUT2D eigenvalue weighted by Crippen LogP contribution is 2.27. The van der Waals surface area contributed by atoms with Gasteiger partial charge in [0, 0.05) is 0 Å². The number of para-hydroxylation sites is 1. The summed E-state index contributed by atoms with van der Waals surface area (Å²) >= 11 is 0. The quantitative estimate of drug-likeness (QED) is 0.872. The van der Waals surface area contributed by atoms with E-state index in [1.807, 2.05) is 36.8 Å². The molecule has 6 heteroatoms. The number of rotatable bonds is 6. The number of amides is 1. The number of hydrogen-bond donors (Lipinski definition) is 1. The van der Waals surface area contributed by atoms with E-state index in [0.29, 0.717) is 12.2 Å². The smallest absolute Gasteiger partial charge is 0.274 e. The van der Waals surface area contributed by atoms with E-state index in [4.69, 9.17) is 4.74 Å². The van der Waals surface area contributed by atoms with Gasteiger partial charge in [0.2, 0.25) is 10.0 Å². The molecule has 1 amide bonds. The molecule has 0 spiro atoms. The predicted octanol–water partition coefficient (Wildman–Crippen LogP) is 2.04. The fourth-order valence-electron chi connectivity index (χ4n) is 1.79. The van der Waals surface area contributed by atoms with Crippen LogP contribution in [0.1, 0.15) is 38.7 Å². The van der Waals surface area contributed by atoms with Crippen molar-refractivity contribution in [3.8, 4) is 5.75 Å². The Balaban J connectivity index is 2.92. The van der Waals surface area contributed by atoms with Gasteiger partial charge in [-0.05, 0) is 24.0 Å². The minimum absolute atomic E-state index is 0.252. The first-order chi connectivity index (χ1) is 9.24. The van der Waals surface area contributed by atoms with Gasteiger partial charge in [-0.25, -0.2) is 8.42 Å². The molecule has 0 aromatic heterocycles. The van der Waals surface area contributed by atoms with Crippen molar-refractivity contribution < 1.29 is 17.9 Å². The molecule has 0 heterocycles. The third-order valence-electron chi connectivity index (χ3n) is 2.76. The van der Waals surface area contributed by atoms with Crippen molar-refractivity contribution in [1.82, 2.24) is 4.72 Å². The number of ether oxygens (including phenoxy) is 1. The molecule has 0 saturated heterocycles. The van der Waals surface area contributed by atoms with Crippen LogP contribution in [0.4, 0.5) is 0 Å². The van der Waals surface area contributed by atoms with E-state index in [1.165, 1.54) is 0 Å². The molecular formula is C14H21NO4S. The second kappa shape index (κ2) is 6.74. The second-order valence-electron chi connectivity index (χ2n) is 4.95. The fourth-order valence-corrected chi connectivity index (χ4v) is 2.29. The Labute approximate surface area is 120 Å². The van der Waals surface area contributed by atoms with E-state index in [9.17, 15) is 13.2 Å². The number of benzene rings is 1. The summed E-state index contributed by atoms with van der Waals surface area (Å²) in [5.41, 5.74) is 0.984. The van der Waals surface area contributed by atoms with Gasteiger partial charge in [-0.15, -0.1) is 0 Å². The van der Waals surface area contributed by atoms with Crippen LogP contribution < -0.4 is 9.46 Å². The minimum atomic E-state index is -3.58. The normalized spacial score (nSPS) is 13.1. The lowest BCUT2D eigenvalue weighted by atomic mass is 10.0. The van der Waals surface area contributed by atoms with Gasteiger partial charge in [0.25, 0.3) is 5.91 Å². The van der Waals surface area contributed by atoms with Crippen molar-refractivity contribution in [2.24, 2.45) is 0 Å². The van der Waals surface area contributed by atoms with Crippen molar-refractivity contribution in [2.75, 3.05) is 6.26 Å². The maximum absolute atomic E-state index is 11.9. The molecule has 1 aromatic carbocycles. The van der Waals surface area contributed by atoms with Gasteiger partial charge >= 0.3 is 0 Å². The molecule has 0 aliphatic carbocycles. The van der Waals surface area contributed by atoms with E-state index in [-0.39, 0.29) is 5.92 Å². The van der Waals surface area contributed by atoms with Gasteiger partial charge < -0.3 is 4.74 Å². The first-order valence-electron chi connectivity index (χ1n) is 6.51. The Morgan fingerprint density at radius 2 is 1.90 bits per heavy atom. The average molecular weight is 299 g/mol.